The van der Waals surface area contributed by atoms with E-state index in [0.29, 0.717) is 18.1 Å². The first-order valence-corrected chi connectivity index (χ1v) is 7.03. The third-order valence-corrected chi connectivity index (χ3v) is 2.95. The lowest BCUT2D eigenvalue weighted by Crippen LogP contribution is -2.03. The molecule has 0 aromatic carbocycles. The molecule has 4 nitrogen and oxygen atoms in total. The number of pyridine rings is 1. The maximum Gasteiger partial charge on any atom is 0.339 e. The number of hydrogen-bond acceptors (Lipinski definition) is 4. The van der Waals surface area contributed by atoms with E-state index in [1.807, 2.05) is 0 Å². The molecule has 0 radical (unpaired) electrons. The summed E-state index contributed by atoms with van der Waals surface area (Å²) in [5, 5.41) is 0. The van der Waals surface area contributed by atoms with Crippen LogP contribution >= 0.6 is 22.6 Å². The fraction of sp³-hybridized carbons (Fsp3) is 0.500. The Balaban J connectivity index is 2.33. The number of rotatable bonds is 7. The van der Waals surface area contributed by atoms with Crippen LogP contribution < -0.4 is 4.74 Å². The zero-order valence-electron chi connectivity index (χ0n) is 9.82. The van der Waals surface area contributed by atoms with Gasteiger partial charge < -0.3 is 9.47 Å². The molecule has 1 rings (SSSR count). The second-order valence-electron chi connectivity index (χ2n) is 3.47. The van der Waals surface area contributed by atoms with Crippen LogP contribution in [0.1, 0.15) is 29.6 Å². The summed E-state index contributed by atoms with van der Waals surface area (Å²) in [5.41, 5.74) is 0.435. The van der Waals surface area contributed by atoms with Crippen molar-refractivity contribution in [2.75, 3.05) is 18.1 Å². The Bertz CT molecular complexity index is 340. The molecule has 0 aliphatic heterocycles. The van der Waals surface area contributed by atoms with E-state index in [1.165, 1.54) is 30.6 Å². The monoisotopic (exact) mass is 349 g/mol. The Morgan fingerprint density at radius 3 is 2.76 bits per heavy atom. The summed E-state index contributed by atoms with van der Waals surface area (Å²) < 4.78 is 11.2. The minimum Gasteiger partial charge on any atom is -0.478 e. The van der Waals surface area contributed by atoms with Gasteiger partial charge in [-0.2, -0.15) is 0 Å². The Labute approximate surface area is 115 Å². The molecular weight excluding hydrogens is 333 g/mol. The molecule has 0 bridgehead atoms. The number of esters is 1. The van der Waals surface area contributed by atoms with E-state index in [0.717, 1.165) is 6.42 Å². The van der Waals surface area contributed by atoms with Gasteiger partial charge in [0, 0.05) is 12.3 Å². The number of carbonyl (C=O) groups is 1. The first kappa shape index (κ1) is 14.2. The first-order valence-electron chi connectivity index (χ1n) is 5.51. The lowest BCUT2D eigenvalue weighted by atomic mass is 10.3. The molecule has 0 spiro atoms. The second kappa shape index (κ2) is 8.27. The van der Waals surface area contributed by atoms with Crippen molar-refractivity contribution < 1.29 is 14.3 Å². The van der Waals surface area contributed by atoms with Gasteiger partial charge in [-0.15, -0.1) is 0 Å². The second-order valence-corrected chi connectivity index (χ2v) is 4.55. The summed E-state index contributed by atoms with van der Waals surface area (Å²) in [6.07, 6.45) is 4.89. The molecule has 94 valence electrons. The van der Waals surface area contributed by atoms with E-state index >= 15 is 0 Å². The molecule has 1 aromatic rings. The number of ether oxygens (including phenoxy) is 2. The van der Waals surface area contributed by atoms with Gasteiger partial charge in [0.15, 0.2) is 0 Å². The number of aromatic nitrogens is 1. The van der Waals surface area contributed by atoms with Crippen molar-refractivity contribution in [3.63, 3.8) is 0 Å². The SMILES string of the molecule is COC(=O)c1ccc(OCCCCCI)nc1. The van der Waals surface area contributed by atoms with Crippen LogP contribution in [0.2, 0.25) is 0 Å². The minimum absolute atomic E-state index is 0.383. The van der Waals surface area contributed by atoms with Crippen molar-refractivity contribution in [3.05, 3.63) is 23.9 Å². The molecule has 1 heterocycles. The molecule has 0 saturated heterocycles. The molecule has 0 saturated carbocycles. The summed E-state index contributed by atoms with van der Waals surface area (Å²) in [5.74, 6) is 0.165. The summed E-state index contributed by atoms with van der Waals surface area (Å²) >= 11 is 2.37. The van der Waals surface area contributed by atoms with Gasteiger partial charge in [-0.3, -0.25) is 0 Å². The van der Waals surface area contributed by atoms with Gasteiger partial charge in [0.05, 0.1) is 19.3 Å². The molecular formula is C12H16INO3. The van der Waals surface area contributed by atoms with Crippen LogP contribution in [0.15, 0.2) is 18.3 Å². The fourth-order valence-corrected chi connectivity index (χ4v) is 1.79. The van der Waals surface area contributed by atoms with Crippen molar-refractivity contribution in [3.8, 4) is 5.88 Å². The van der Waals surface area contributed by atoms with E-state index in [4.69, 9.17) is 4.74 Å². The van der Waals surface area contributed by atoms with Crippen LogP contribution in [0.5, 0.6) is 5.88 Å². The summed E-state index contributed by atoms with van der Waals surface area (Å²) in [4.78, 5) is 15.2. The fourth-order valence-electron chi connectivity index (χ4n) is 1.25. The normalized spacial score (nSPS) is 10.0. The van der Waals surface area contributed by atoms with Gasteiger partial charge in [0.25, 0.3) is 0 Å². The van der Waals surface area contributed by atoms with Crippen LogP contribution in [0.4, 0.5) is 0 Å². The van der Waals surface area contributed by atoms with E-state index in [2.05, 4.69) is 32.3 Å². The molecule has 0 N–H and O–H groups in total. The van der Waals surface area contributed by atoms with E-state index < -0.39 is 0 Å². The van der Waals surface area contributed by atoms with Gasteiger partial charge in [0.2, 0.25) is 5.88 Å². The van der Waals surface area contributed by atoms with E-state index in [9.17, 15) is 4.79 Å². The van der Waals surface area contributed by atoms with E-state index in [1.54, 1.807) is 12.1 Å². The summed E-state index contributed by atoms with van der Waals surface area (Å²) in [7, 11) is 1.35. The summed E-state index contributed by atoms with van der Waals surface area (Å²) in [6, 6.07) is 3.34. The maximum atomic E-state index is 11.2. The molecule has 0 aliphatic carbocycles. The predicted octanol–water partition coefficient (Wildman–Crippen LogP) is 2.85. The topological polar surface area (TPSA) is 48.4 Å². The predicted molar refractivity (Wildman–Crippen MR) is 73.8 cm³/mol. The number of halogens is 1. The van der Waals surface area contributed by atoms with Crippen LogP contribution in [-0.2, 0) is 4.74 Å². The number of carbonyl (C=O) groups excluding carboxylic acids is 1. The maximum absolute atomic E-state index is 11.2. The molecule has 5 heteroatoms. The zero-order valence-corrected chi connectivity index (χ0v) is 12.0. The van der Waals surface area contributed by atoms with Gasteiger partial charge in [-0.25, -0.2) is 9.78 Å². The zero-order chi connectivity index (χ0) is 12.5. The van der Waals surface area contributed by atoms with Crippen LogP contribution in [-0.4, -0.2) is 29.1 Å². The number of nitrogens with zero attached hydrogens (tertiary/aromatic N) is 1. The molecule has 0 atom stereocenters. The Kier molecular flexibility index (Phi) is 6.91. The third-order valence-electron chi connectivity index (χ3n) is 2.19. The Hall–Kier alpha value is -0.850. The number of hydrogen-bond donors (Lipinski definition) is 0. The van der Waals surface area contributed by atoms with Crippen molar-refractivity contribution in [1.29, 1.82) is 0 Å². The highest BCUT2D eigenvalue weighted by Gasteiger charge is 2.05. The highest BCUT2D eigenvalue weighted by molar-refractivity contribution is 14.1. The van der Waals surface area contributed by atoms with Crippen molar-refractivity contribution >= 4 is 28.6 Å². The van der Waals surface area contributed by atoms with Crippen molar-refractivity contribution in [1.82, 2.24) is 4.98 Å². The molecule has 1 aromatic heterocycles. The smallest absolute Gasteiger partial charge is 0.339 e. The number of unbranched alkanes of at least 4 members (excludes halogenated alkanes) is 2. The van der Waals surface area contributed by atoms with Crippen LogP contribution in [0, 0.1) is 0 Å². The first-order chi connectivity index (χ1) is 8.27. The molecule has 17 heavy (non-hydrogen) atoms. The molecule has 0 unspecified atom stereocenters. The highest BCUT2D eigenvalue weighted by atomic mass is 127. The van der Waals surface area contributed by atoms with Crippen LogP contribution in [0.25, 0.3) is 0 Å². The average molecular weight is 349 g/mol. The molecule has 0 fully saturated rings. The molecule has 0 aliphatic rings. The Morgan fingerprint density at radius 2 is 2.18 bits per heavy atom. The Morgan fingerprint density at radius 1 is 1.35 bits per heavy atom. The van der Waals surface area contributed by atoms with Crippen LogP contribution in [0.3, 0.4) is 0 Å². The lowest BCUT2D eigenvalue weighted by molar-refractivity contribution is 0.0600. The minimum atomic E-state index is -0.383. The van der Waals surface area contributed by atoms with Gasteiger partial charge in [0.1, 0.15) is 0 Å². The van der Waals surface area contributed by atoms with Gasteiger partial charge in [-0.1, -0.05) is 22.6 Å². The van der Waals surface area contributed by atoms with Crippen molar-refractivity contribution in [2.45, 2.75) is 19.3 Å². The average Bonchev–Trinajstić information content (AvgIpc) is 2.38. The van der Waals surface area contributed by atoms with E-state index in [-0.39, 0.29) is 5.97 Å². The quantitative estimate of drug-likeness (QED) is 0.329. The largest absolute Gasteiger partial charge is 0.478 e. The van der Waals surface area contributed by atoms with Gasteiger partial charge >= 0.3 is 5.97 Å². The number of alkyl halides is 1. The standard InChI is InChI=1S/C12H16INO3/c1-16-12(15)10-5-6-11(14-9-10)17-8-4-2-3-7-13/h5-6,9H,2-4,7-8H2,1H3. The number of methoxy groups -OCH3 is 1. The summed E-state index contributed by atoms with van der Waals surface area (Å²) in [6.45, 7) is 0.668. The van der Waals surface area contributed by atoms with Gasteiger partial charge in [-0.05, 0) is 29.8 Å². The third kappa shape index (κ3) is 5.34. The van der Waals surface area contributed by atoms with Crippen molar-refractivity contribution in [2.24, 2.45) is 0 Å². The lowest BCUT2D eigenvalue weighted by Gasteiger charge is -2.05. The highest BCUT2D eigenvalue weighted by Crippen LogP contribution is 2.09. The molecule has 0 amide bonds.